The summed E-state index contributed by atoms with van der Waals surface area (Å²) < 4.78 is 19.4. The molecule has 2 atom stereocenters. The zero-order valence-corrected chi connectivity index (χ0v) is 13.4. The van der Waals surface area contributed by atoms with Gasteiger partial charge in [-0.15, -0.1) is 0 Å². The fraction of sp³-hybridized carbons (Fsp3) is 0.647. The largest absolute Gasteiger partial charge is 0.494 e. The van der Waals surface area contributed by atoms with E-state index in [2.05, 4.69) is 24.1 Å². The Bertz CT molecular complexity index is 452. The summed E-state index contributed by atoms with van der Waals surface area (Å²) in [5.74, 6) is 0.114. The number of ether oxygens (including phenoxy) is 1. The van der Waals surface area contributed by atoms with E-state index in [0.29, 0.717) is 24.4 Å². The number of nitrogens with one attached hydrogen (secondary N) is 1. The molecule has 1 aromatic carbocycles. The maximum Gasteiger partial charge on any atom is 0.169 e. The molecule has 1 heterocycles. The minimum atomic E-state index is -0.221. The Balaban J connectivity index is 2.13. The van der Waals surface area contributed by atoms with Crippen LogP contribution in [0.3, 0.4) is 0 Å². The molecule has 0 bridgehead atoms. The molecule has 1 fully saturated rings. The highest BCUT2D eigenvalue weighted by molar-refractivity contribution is 5.31. The van der Waals surface area contributed by atoms with Crippen LogP contribution >= 0.6 is 0 Å². The SMILES string of the molecule is CCCC1CNC(CC)CN1Cc1cccc(OC)c1F. The van der Waals surface area contributed by atoms with E-state index in [1.54, 1.807) is 6.07 Å². The summed E-state index contributed by atoms with van der Waals surface area (Å²) in [6.45, 7) is 7.04. The number of benzene rings is 1. The minimum absolute atomic E-state index is 0.221. The number of hydrogen-bond acceptors (Lipinski definition) is 3. The Kier molecular flexibility index (Phi) is 6.00. The van der Waals surface area contributed by atoms with Crippen LogP contribution in [0.2, 0.25) is 0 Å². The summed E-state index contributed by atoms with van der Waals surface area (Å²) in [5, 5.41) is 3.60. The average molecular weight is 294 g/mol. The minimum Gasteiger partial charge on any atom is -0.494 e. The van der Waals surface area contributed by atoms with Crippen LogP contribution < -0.4 is 10.1 Å². The van der Waals surface area contributed by atoms with Gasteiger partial charge in [0.2, 0.25) is 0 Å². The normalized spacial score (nSPS) is 23.2. The van der Waals surface area contributed by atoms with Gasteiger partial charge in [-0.3, -0.25) is 4.90 Å². The van der Waals surface area contributed by atoms with Crippen molar-refractivity contribution >= 4 is 0 Å². The second kappa shape index (κ2) is 7.76. The smallest absolute Gasteiger partial charge is 0.169 e. The van der Waals surface area contributed by atoms with E-state index in [1.165, 1.54) is 7.11 Å². The van der Waals surface area contributed by atoms with Crippen molar-refractivity contribution < 1.29 is 9.13 Å². The molecule has 0 radical (unpaired) electrons. The maximum atomic E-state index is 14.4. The van der Waals surface area contributed by atoms with Gasteiger partial charge in [-0.05, 0) is 18.9 Å². The van der Waals surface area contributed by atoms with E-state index < -0.39 is 0 Å². The lowest BCUT2D eigenvalue weighted by atomic mass is 10.0. The standard InChI is InChI=1S/C17H27FN2O/c1-4-7-15-10-19-14(5-2)12-20(15)11-13-8-6-9-16(21-3)17(13)18/h6,8-9,14-15,19H,4-5,7,10-12H2,1-3H3. The second-order valence-electron chi connectivity index (χ2n) is 5.82. The number of methoxy groups -OCH3 is 1. The van der Waals surface area contributed by atoms with E-state index in [0.717, 1.165) is 37.9 Å². The van der Waals surface area contributed by atoms with Crippen LogP contribution in [-0.4, -0.2) is 37.2 Å². The van der Waals surface area contributed by atoms with Gasteiger partial charge in [0.25, 0.3) is 0 Å². The van der Waals surface area contributed by atoms with Crippen molar-refractivity contribution in [1.82, 2.24) is 10.2 Å². The molecule has 1 N–H and O–H groups in total. The third-order valence-corrected chi connectivity index (χ3v) is 4.36. The maximum absolute atomic E-state index is 14.4. The summed E-state index contributed by atoms with van der Waals surface area (Å²) in [4.78, 5) is 2.42. The molecule has 0 amide bonds. The van der Waals surface area contributed by atoms with Gasteiger partial charge in [0.1, 0.15) is 0 Å². The van der Waals surface area contributed by atoms with Crippen LogP contribution in [-0.2, 0) is 6.54 Å². The fourth-order valence-corrected chi connectivity index (χ4v) is 3.07. The average Bonchev–Trinajstić information content (AvgIpc) is 2.51. The van der Waals surface area contributed by atoms with Crippen LogP contribution in [0.4, 0.5) is 4.39 Å². The van der Waals surface area contributed by atoms with Gasteiger partial charge in [0, 0.05) is 37.3 Å². The Morgan fingerprint density at radius 2 is 2.19 bits per heavy atom. The first-order chi connectivity index (χ1) is 10.2. The van der Waals surface area contributed by atoms with E-state index in [-0.39, 0.29) is 5.82 Å². The first kappa shape index (κ1) is 16.2. The summed E-state index contributed by atoms with van der Waals surface area (Å²) in [5.41, 5.74) is 0.729. The van der Waals surface area contributed by atoms with Crippen molar-refractivity contribution in [1.29, 1.82) is 0 Å². The number of nitrogens with zero attached hydrogens (tertiary/aromatic N) is 1. The van der Waals surface area contributed by atoms with Gasteiger partial charge in [-0.1, -0.05) is 32.4 Å². The predicted octanol–water partition coefficient (Wildman–Crippen LogP) is 3.19. The molecule has 1 saturated heterocycles. The molecule has 0 aromatic heterocycles. The summed E-state index contributed by atoms with van der Waals surface area (Å²) in [7, 11) is 1.51. The Labute approximate surface area is 127 Å². The molecule has 0 saturated carbocycles. The van der Waals surface area contributed by atoms with Crippen molar-refractivity contribution in [2.75, 3.05) is 20.2 Å². The van der Waals surface area contributed by atoms with Gasteiger partial charge in [-0.2, -0.15) is 0 Å². The summed E-state index contributed by atoms with van der Waals surface area (Å²) in [6.07, 6.45) is 3.41. The van der Waals surface area contributed by atoms with Crippen LogP contribution in [0.1, 0.15) is 38.7 Å². The highest BCUT2D eigenvalue weighted by Crippen LogP contribution is 2.23. The molecular formula is C17H27FN2O. The topological polar surface area (TPSA) is 24.5 Å². The summed E-state index contributed by atoms with van der Waals surface area (Å²) in [6, 6.07) is 6.40. The molecule has 2 unspecified atom stereocenters. The van der Waals surface area contributed by atoms with E-state index in [4.69, 9.17) is 4.74 Å². The Hall–Kier alpha value is -1.13. The number of piperazine rings is 1. The fourth-order valence-electron chi connectivity index (χ4n) is 3.07. The molecule has 0 aliphatic carbocycles. The predicted molar refractivity (Wildman–Crippen MR) is 84.1 cm³/mol. The van der Waals surface area contributed by atoms with Gasteiger partial charge in [0.15, 0.2) is 11.6 Å². The molecule has 4 heteroatoms. The van der Waals surface area contributed by atoms with E-state index in [1.807, 2.05) is 12.1 Å². The van der Waals surface area contributed by atoms with Crippen LogP contribution in [0.25, 0.3) is 0 Å². The van der Waals surface area contributed by atoms with Gasteiger partial charge in [-0.25, -0.2) is 4.39 Å². The lowest BCUT2D eigenvalue weighted by Gasteiger charge is -2.40. The van der Waals surface area contributed by atoms with Crippen LogP contribution in [0.5, 0.6) is 5.75 Å². The molecule has 3 nitrogen and oxygen atoms in total. The van der Waals surface area contributed by atoms with Crippen molar-refractivity contribution in [2.24, 2.45) is 0 Å². The Morgan fingerprint density at radius 1 is 1.38 bits per heavy atom. The van der Waals surface area contributed by atoms with Crippen molar-refractivity contribution in [3.63, 3.8) is 0 Å². The van der Waals surface area contributed by atoms with E-state index in [9.17, 15) is 4.39 Å². The third kappa shape index (κ3) is 3.95. The zero-order chi connectivity index (χ0) is 15.2. The second-order valence-corrected chi connectivity index (χ2v) is 5.82. The first-order valence-corrected chi connectivity index (χ1v) is 7.98. The Morgan fingerprint density at radius 3 is 2.86 bits per heavy atom. The highest BCUT2D eigenvalue weighted by atomic mass is 19.1. The molecule has 1 aromatic rings. The van der Waals surface area contributed by atoms with Crippen molar-refractivity contribution in [3.8, 4) is 5.75 Å². The third-order valence-electron chi connectivity index (χ3n) is 4.36. The van der Waals surface area contributed by atoms with Crippen LogP contribution in [0, 0.1) is 5.82 Å². The monoisotopic (exact) mass is 294 g/mol. The molecule has 1 aliphatic rings. The number of rotatable bonds is 6. The molecule has 2 rings (SSSR count). The first-order valence-electron chi connectivity index (χ1n) is 7.98. The lowest BCUT2D eigenvalue weighted by Crippen LogP contribution is -2.55. The number of hydrogen-bond donors (Lipinski definition) is 1. The number of halogens is 1. The molecule has 21 heavy (non-hydrogen) atoms. The van der Waals surface area contributed by atoms with E-state index >= 15 is 0 Å². The molecular weight excluding hydrogens is 267 g/mol. The van der Waals surface area contributed by atoms with Gasteiger partial charge < -0.3 is 10.1 Å². The molecule has 118 valence electrons. The highest BCUT2D eigenvalue weighted by Gasteiger charge is 2.27. The molecule has 0 spiro atoms. The lowest BCUT2D eigenvalue weighted by molar-refractivity contribution is 0.112. The quantitative estimate of drug-likeness (QED) is 0.872. The summed E-state index contributed by atoms with van der Waals surface area (Å²) >= 11 is 0. The van der Waals surface area contributed by atoms with Crippen molar-refractivity contribution in [2.45, 2.75) is 51.7 Å². The van der Waals surface area contributed by atoms with Gasteiger partial charge in [0.05, 0.1) is 7.11 Å². The zero-order valence-electron chi connectivity index (χ0n) is 13.4. The van der Waals surface area contributed by atoms with Crippen LogP contribution in [0.15, 0.2) is 18.2 Å². The van der Waals surface area contributed by atoms with Crippen molar-refractivity contribution in [3.05, 3.63) is 29.6 Å². The molecule has 1 aliphatic heterocycles. The van der Waals surface area contributed by atoms with Gasteiger partial charge >= 0.3 is 0 Å².